The van der Waals surface area contributed by atoms with Crippen molar-refractivity contribution in [2.24, 2.45) is 0 Å². The highest BCUT2D eigenvalue weighted by Crippen LogP contribution is 2.36. The molecule has 0 unspecified atom stereocenters. The predicted molar refractivity (Wildman–Crippen MR) is 89.8 cm³/mol. The van der Waals surface area contributed by atoms with Crippen molar-refractivity contribution in [3.8, 4) is 0 Å². The van der Waals surface area contributed by atoms with Gasteiger partial charge in [-0.25, -0.2) is 0 Å². The summed E-state index contributed by atoms with van der Waals surface area (Å²) < 4.78 is 0. The molecule has 1 aliphatic heterocycles. The molecule has 0 aliphatic carbocycles. The monoisotopic (exact) mass is 274 g/mol. The maximum absolute atomic E-state index is 3.33. The van der Waals surface area contributed by atoms with E-state index in [4.69, 9.17) is 0 Å². The van der Waals surface area contributed by atoms with Crippen LogP contribution in [-0.2, 0) is 13.1 Å². The summed E-state index contributed by atoms with van der Waals surface area (Å²) in [5, 5.41) is 5.93. The van der Waals surface area contributed by atoms with Crippen molar-refractivity contribution in [3.05, 3.63) is 71.8 Å². The third-order valence-electron chi connectivity index (χ3n) is 4.33. The Morgan fingerprint density at radius 1 is 0.810 bits per heavy atom. The van der Waals surface area contributed by atoms with Gasteiger partial charge in [-0.1, -0.05) is 48.5 Å². The standard InChI is InChI=1S/C19H18N2/c1-20-17-10-4-8-14-9-5-11-18(19(14)17)21-12-15-6-2-3-7-16(15)13-21/h2-11,20H,12-13H2,1H3. The lowest BCUT2D eigenvalue weighted by atomic mass is 10.1. The lowest BCUT2D eigenvalue weighted by molar-refractivity contribution is 0.885. The molecule has 3 aromatic carbocycles. The summed E-state index contributed by atoms with van der Waals surface area (Å²) in [6.07, 6.45) is 0. The van der Waals surface area contributed by atoms with Gasteiger partial charge in [-0.3, -0.25) is 0 Å². The molecule has 1 N–H and O–H groups in total. The van der Waals surface area contributed by atoms with Crippen LogP contribution in [0.15, 0.2) is 60.7 Å². The lowest BCUT2D eigenvalue weighted by Crippen LogP contribution is -2.15. The van der Waals surface area contributed by atoms with Gasteiger partial charge in [-0.15, -0.1) is 0 Å². The molecule has 0 bridgehead atoms. The van der Waals surface area contributed by atoms with Gasteiger partial charge in [-0.2, -0.15) is 0 Å². The number of hydrogen-bond donors (Lipinski definition) is 1. The topological polar surface area (TPSA) is 15.3 Å². The molecule has 0 aromatic heterocycles. The van der Waals surface area contributed by atoms with Gasteiger partial charge in [0, 0.05) is 36.9 Å². The van der Waals surface area contributed by atoms with Crippen molar-refractivity contribution in [2.75, 3.05) is 17.3 Å². The van der Waals surface area contributed by atoms with E-state index >= 15 is 0 Å². The van der Waals surface area contributed by atoms with Crippen LogP contribution >= 0.6 is 0 Å². The Labute approximate surface area is 125 Å². The minimum Gasteiger partial charge on any atom is -0.388 e. The first-order chi connectivity index (χ1) is 10.4. The van der Waals surface area contributed by atoms with Gasteiger partial charge >= 0.3 is 0 Å². The summed E-state index contributed by atoms with van der Waals surface area (Å²) >= 11 is 0. The summed E-state index contributed by atoms with van der Waals surface area (Å²) in [5.41, 5.74) is 5.39. The van der Waals surface area contributed by atoms with Crippen LogP contribution in [0.3, 0.4) is 0 Å². The first-order valence-corrected chi connectivity index (χ1v) is 7.38. The molecule has 0 saturated heterocycles. The zero-order valence-electron chi connectivity index (χ0n) is 12.1. The van der Waals surface area contributed by atoms with Crippen LogP contribution in [0.4, 0.5) is 11.4 Å². The van der Waals surface area contributed by atoms with Gasteiger partial charge in [-0.05, 0) is 28.6 Å². The summed E-state index contributed by atoms with van der Waals surface area (Å²) in [6, 6.07) is 21.7. The van der Waals surface area contributed by atoms with Gasteiger partial charge in [0.1, 0.15) is 0 Å². The second-order valence-electron chi connectivity index (χ2n) is 5.56. The molecular formula is C19H18N2. The maximum Gasteiger partial charge on any atom is 0.0472 e. The Kier molecular flexibility index (Phi) is 2.81. The average molecular weight is 274 g/mol. The molecule has 0 saturated carbocycles. The van der Waals surface area contributed by atoms with E-state index in [1.54, 1.807) is 0 Å². The molecule has 0 radical (unpaired) electrons. The molecule has 3 aromatic rings. The first kappa shape index (κ1) is 12.3. The molecule has 0 amide bonds. The van der Waals surface area contributed by atoms with E-state index in [-0.39, 0.29) is 0 Å². The van der Waals surface area contributed by atoms with Crippen LogP contribution < -0.4 is 10.2 Å². The van der Waals surface area contributed by atoms with E-state index in [2.05, 4.69) is 70.9 Å². The number of rotatable bonds is 2. The van der Waals surface area contributed by atoms with E-state index in [1.165, 1.54) is 33.3 Å². The predicted octanol–water partition coefficient (Wildman–Crippen LogP) is 4.40. The molecule has 0 fully saturated rings. The zero-order valence-corrected chi connectivity index (χ0v) is 12.1. The number of nitrogens with zero attached hydrogens (tertiary/aromatic N) is 1. The minimum atomic E-state index is 0.993. The second kappa shape index (κ2) is 4.81. The maximum atomic E-state index is 3.33. The molecule has 0 spiro atoms. The van der Waals surface area contributed by atoms with Crippen molar-refractivity contribution in [3.63, 3.8) is 0 Å². The smallest absolute Gasteiger partial charge is 0.0472 e. The Morgan fingerprint density at radius 2 is 1.48 bits per heavy atom. The van der Waals surface area contributed by atoms with Crippen LogP contribution in [0.5, 0.6) is 0 Å². The Hall–Kier alpha value is -2.48. The van der Waals surface area contributed by atoms with Gasteiger partial charge in [0.2, 0.25) is 0 Å². The normalized spacial score (nSPS) is 13.5. The Bertz CT molecular complexity index is 777. The average Bonchev–Trinajstić information content (AvgIpc) is 2.97. The third-order valence-corrected chi connectivity index (χ3v) is 4.33. The number of benzene rings is 3. The van der Waals surface area contributed by atoms with Crippen molar-refractivity contribution >= 4 is 22.1 Å². The number of anilines is 2. The van der Waals surface area contributed by atoms with Crippen LogP contribution in [0.1, 0.15) is 11.1 Å². The number of hydrogen-bond acceptors (Lipinski definition) is 2. The third kappa shape index (κ3) is 1.95. The highest BCUT2D eigenvalue weighted by Gasteiger charge is 2.20. The van der Waals surface area contributed by atoms with Crippen LogP contribution in [0.25, 0.3) is 10.8 Å². The van der Waals surface area contributed by atoms with Gasteiger partial charge in [0.25, 0.3) is 0 Å². The summed E-state index contributed by atoms with van der Waals surface area (Å²) in [6.45, 7) is 1.99. The van der Waals surface area contributed by atoms with E-state index < -0.39 is 0 Å². The van der Waals surface area contributed by atoms with Crippen LogP contribution in [-0.4, -0.2) is 7.05 Å². The molecule has 104 valence electrons. The molecule has 21 heavy (non-hydrogen) atoms. The second-order valence-corrected chi connectivity index (χ2v) is 5.56. The van der Waals surface area contributed by atoms with Crippen molar-refractivity contribution in [1.82, 2.24) is 0 Å². The molecule has 0 atom stereocenters. The lowest BCUT2D eigenvalue weighted by Gasteiger charge is -2.21. The highest BCUT2D eigenvalue weighted by atomic mass is 15.1. The fourth-order valence-corrected chi connectivity index (χ4v) is 3.30. The van der Waals surface area contributed by atoms with Crippen molar-refractivity contribution < 1.29 is 0 Å². The fourth-order valence-electron chi connectivity index (χ4n) is 3.30. The van der Waals surface area contributed by atoms with Gasteiger partial charge in [0.15, 0.2) is 0 Å². The fraction of sp³-hybridized carbons (Fsp3) is 0.158. The summed E-state index contributed by atoms with van der Waals surface area (Å²) in [4.78, 5) is 2.47. The number of nitrogens with one attached hydrogen (secondary N) is 1. The van der Waals surface area contributed by atoms with Crippen LogP contribution in [0.2, 0.25) is 0 Å². The van der Waals surface area contributed by atoms with E-state index in [1.807, 2.05) is 7.05 Å². The molecule has 2 nitrogen and oxygen atoms in total. The molecule has 2 heteroatoms. The number of fused-ring (bicyclic) bond motifs is 2. The summed E-state index contributed by atoms with van der Waals surface area (Å²) in [5.74, 6) is 0. The van der Waals surface area contributed by atoms with E-state index in [0.29, 0.717) is 0 Å². The quantitative estimate of drug-likeness (QED) is 0.745. The SMILES string of the molecule is CNc1cccc2cccc(N3Cc4ccccc4C3)c12. The largest absolute Gasteiger partial charge is 0.388 e. The highest BCUT2D eigenvalue weighted by molar-refractivity contribution is 6.03. The zero-order chi connectivity index (χ0) is 14.2. The van der Waals surface area contributed by atoms with Gasteiger partial charge in [0.05, 0.1) is 0 Å². The van der Waals surface area contributed by atoms with E-state index in [9.17, 15) is 0 Å². The Morgan fingerprint density at radius 3 is 2.14 bits per heavy atom. The van der Waals surface area contributed by atoms with Crippen molar-refractivity contribution in [1.29, 1.82) is 0 Å². The van der Waals surface area contributed by atoms with E-state index in [0.717, 1.165) is 13.1 Å². The molecule has 4 rings (SSSR count). The molecule has 1 heterocycles. The summed E-state index contributed by atoms with van der Waals surface area (Å²) in [7, 11) is 1.99. The van der Waals surface area contributed by atoms with Gasteiger partial charge < -0.3 is 10.2 Å². The Balaban J connectivity index is 1.85. The van der Waals surface area contributed by atoms with Crippen LogP contribution in [0, 0.1) is 0 Å². The first-order valence-electron chi connectivity index (χ1n) is 7.38. The molecular weight excluding hydrogens is 256 g/mol. The molecule has 1 aliphatic rings. The minimum absolute atomic E-state index is 0.993. The van der Waals surface area contributed by atoms with Crippen molar-refractivity contribution in [2.45, 2.75) is 13.1 Å².